The predicted octanol–water partition coefficient (Wildman–Crippen LogP) is 0.170. The lowest BCUT2D eigenvalue weighted by atomic mass is 10.1. The zero-order valence-corrected chi connectivity index (χ0v) is 7.22. The average Bonchev–Trinajstić information content (AvgIpc) is 1.97. The molecule has 0 aliphatic rings. The maximum atomic E-state index is 5.64. The molecule has 11 heavy (non-hydrogen) atoms. The quantitative estimate of drug-likeness (QED) is 0.301. The Morgan fingerprint density at radius 3 is 2.73 bits per heavy atom. The van der Waals surface area contributed by atoms with E-state index in [-0.39, 0.29) is 6.04 Å². The summed E-state index contributed by atoms with van der Waals surface area (Å²) in [5.41, 5.74) is 12.5. The normalized spacial score (nSPS) is 14.6. The van der Waals surface area contributed by atoms with Gasteiger partial charge in [0.15, 0.2) is 0 Å². The lowest BCUT2D eigenvalue weighted by Crippen LogP contribution is -2.28. The number of hydrazine groups is 1. The number of rotatable bonds is 5. The van der Waals surface area contributed by atoms with Crippen molar-refractivity contribution in [3.05, 3.63) is 24.3 Å². The molecule has 0 amide bonds. The van der Waals surface area contributed by atoms with Crippen LogP contribution in [0.4, 0.5) is 0 Å². The van der Waals surface area contributed by atoms with Gasteiger partial charge in [-0.3, -0.25) is 10.9 Å². The third-order valence-electron chi connectivity index (χ3n) is 1.38. The van der Waals surface area contributed by atoms with E-state index < -0.39 is 0 Å². The van der Waals surface area contributed by atoms with Crippen molar-refractivity contribution in [2.45, 2.75) is 13.0 Å². The summed E-state index contributed by atoms with van der Waals surface area (Å²) >= 11 is 0. The molecule has 3 nitrogen and oxygen atoms in total. The number of nitrogens with one attached hydrogen (secondary N) is 2. The maximum Gasteiger partial charge on any atom is 0.0287 e. The molecule has 0 saturated heterocycles. The molecule has 0 aromatic heterocycles. The van der Waals surface area contributed by atoms with Crippen LogP contribution < -0.4 is 16.6 Å². The van der Waals surface area contributed by atoms with E-state index in [4.69, 9.17) is 5.73 Å². The fraction of sp³-hybridized carbons (Fsp3) is 0.500. The summed E-state index contributed by atoms with van der Waals surface area (Å²) in [6.07, 6.45) is 3.79. The van der Waals surface area contributed by atoms with Gasteiger partial charge in [-0.05, 0) is 19.5 Å². The minimum absolute atomic E-state index is 0.0613. The SMILES string of the molecule is C=C/C(=C\CNNC)C(C)N. The van der Waals surface area contributed by atoms with Crippen LogP contribution >= 0.6 is 0 Å². The van der Waals surface area contributed by atoms with Crippen LogP contribution in [0.1, 0.15) is 6.92 Å². The van der Waals surface area contributed by atoms with Crippen LogP contribution in [0, 0.1) is 0 Å². The van der Waals surface area contributed by atoms with Crippen LogP contribution in [0.2, 0.25) is 0 Å². The van der Waals surface area contributed by atoms with Gasteiger partial charge in [-0.15, -0.1) is 0 Å². The molecule has 0 bridgehead atoms. The third-order valence-corrected chi connectivity index (χ3v) is 1.38. The first-order valence-corrected chi connectivity index (χ1v) is 3.70. The van der Waals surface area contributed by atoms with Crippen molar-refractivity contribution in [1.82, 2.24) is 10.9 Å². The van der Waals surface area contributed by atoms with E-state index in [9.17, 15) is 0 Å². The fourth-order valence-corrected chi connectivity index (χ4v) is 0.726. The Hall–Kier alpha value is -0.640. The Bertz CT molecular complexity index is 138. The van der Waals surface area contributed by atoms with Gasteiger partial charge in [0, 0.05) is 12.6 Å². The Kier molecular flexibility index (Phi) is 5.74. The molecular formula is C8H17N3. The Labute approximate surface area is 68.3 Å². The molecule has 0 spiro atoms. The molecule has 3 heteroatoms. The van der Waals surface area contributed by atoms with Crippen LogP contribution in [0.25, 0.3) is 0 Å². The van der Waals surface area contributed by atoms with E-state index >= 15 is 0 Å². The predicted molar refractivity (Wildman–Crippen MR) is 49.0 cm³/mol. The molecular weight excluding hydrogens is 138 g/mol. The topological polar surface area (TPSA) is 50.1 Å². The summed E-state index contributed by atoms with van der Waals surface area (Å²) in [6, 6.07) is 0.0613. The van der Waals surface area contributed by atoms with E-state index in [0.29, 0.717) is 0 Å². The minimum Gasteiger partial charge on any atom is -0.324 e. The molecule has 1 atom stereocenters. The molecule has 0 aromatic carbocycles. The third kappa shape index (κ3) is 4.72. The molecule has 0 fully saturated rings. The first kappa shape index (κ1) is 10.4. The molecule has 0 aliphatic carbocycles. The standard InChI is InChI=1S/C8H17N3/c1-4-8(7(2)9)5-6-11-10-3/h4-5,7,10-11H,1,6,9H2,2-3H3/b8-5+. The summed E-state index contributed by atoms with van der Waals surface area (Å²) < 4.78 is 0. The molecule has 0 radical (unpaired) electrons. The second-order valence-electron chi connectivity index (χ2n) is 2.33. The van der Waals surface area contributed by atoms with Crippen LogP contribution in [0.15, 0.2) is 24.3 Å². The van der Waals surface area contributed by atoms with Crippen molar-refractivity contribution in [3.8, 4) is 0 Å². The summed E-state index contributed by atoms with van der Waals surface area (Å²) in [5.74, 6) is 0. The summed E-state index contributed by atoms with van der Waals surface area (Å²) in [4.78, 5) is 0. The first-order chi connectivity index (χ1) is 5.22. The van der Waals surface area contributed by atoms with E-state index in [1.165, 1.54) is 0 Å². The Morgan fingerprint density at radius 1 is 1.73 bits per heavy atom. The zero-order chi connectivity index (χ0) is 8.69. The molecule has 4 N–H and O–H groups in total. The Morgan fingerprint density at radius 2 is 2.36 bits per heavy atom. The van der Waals surface area contributed by atoms with Crippen LogP contribution in [0.3, 0.4) is 0 Å². The van der Waals surface area contributed by atoms with Gasteiger partial charge in [-0.25, -0.2) is 0 Å². The second kappa shape index (κ2) is 6.09. The van der Waals surface area contributed by atoms with Crippen molar-refractivity contribution in [2.24, 2.45) is 5.73 Å². The lowest BCUT2D eigenvalue weighted by Gasteiger charge is -2.06. The van der Waals surface area contributed by atoms with Crippen molar-refractivity contribution in [1.29, 1.82) is 0 Å². The van der Waals surface area contributed by atoms with Crippen LogP contribution in [-0.4, -0.2) is 19.6 Å². The van der Waals surface area contributed by atoms with Crippen molar-refractivity contribution < 1.29 is 0 Å². The summed E-state index contributed by atoms with van der Waals surface area (Å²) in [5, 5.41) is 0. The van der Waals surface area contributed by atoms with Crippen molar-refractivity contribution >= 4 is 0 Å². The lowest BCUT2D eigenvalue weighted by molar-refractivity contribution is 0.643. The van der Waals surface area contributed by atoms with E-state index in [0.717, 1.165) is 12.1 Å². The van der Waals surface area contributed by atoms with Gasteiger partial charge in [0.05, 0.1) is 0 Å². The molecule has 0 heterocycles. The van der Waals surface area contributed by atoms with Crippen LogP contribution in [-0.2, 0) is 0 Å². The van der Waals surface area contributed by atoms with Gasteiger partial charge in [0.1, 0.15) is 0 Å². The molecule has 0 aromatic rings. The maximum absolute atomic E-state index is 5.64. The Balaban J connectivity index is 3.81. The highest BCUT2D eigenvalue weighted by molar-refractivity contribution is 5.21. The second-order valence-corrected chi connectivity index (χ2v) is 2.33. The summed E-state index contributed by atoms with van der Waals surface area (Å²) in [7, 11) is 1.83. The molecule has 0 saturated carbocycles. The number of hydrogen-bond acceptors (Lipinski definition) is 3. The van der Waals surface area contributed by atoms with E-state index in [2.05, 4.69) is 17.4 Å². The monoisotopic (exact) mass is 155 g/mol. The van der Waals surface area contributed by atoms with Crippen molar-refractivity contribution in [2.75, 3.05) is 13.6 Å². The fourth-order valence-electron chi connectivity index (χ4n) is 0.726. The minimum atomic E-state index is 0.0613. The van der Waals surface area contributed by atoms with Gasteiger partial charge in [-0.2, -0.15) is 0 Å². The molecule has 1 unspecified atom stereocenters. The highest BCUT2D eigenvalue weighted by Crippen LogP contribution is 1.98. The number of nitrogens with two attached hydrogens (primary N) is 1. The first-order valence-electron chi connectivity index (χ1n) is 3.70. The van der Waals surface area contributed by atoms with Gasteiger partial charge in [-0.1, -0.05) is 18.7 Å². The van der Waals surface area contributed by atoms with Gasteiger partial charge in [0.25, 0.3) is 0 Å². The highest BCUT2D eigenvalue weighted by atomic mass is 15.3. The number of hydrogen-bond donors (Lipinski definition) is 3. The van der Waals surface area contributed by atoms with E-state index in [1.54, 1.807) is 6.08 Å². The summed E-state index contributed by atoms with van der Waals surface area (Å²) in [6.45, 7) is 6.37. The van der Waals surface area contributed by atoms with E-state index in [1.807, 2.05) is 20.0 Å². The zero-order valence-electron chi connectivity index (χ0n) is 7.22. The van der Waals surface area contributed by atoms with Gasteiger partial charge in [0.2, 0.25) is 0 Å². The van der Waals surface area contributed by atoms with Crippen LogP contribution in [0.5, 0.6) is 0 Å². The van der Waals surface area contributed by atoms with Gasteiger partial charge < -0.3 is 5.73 Å². The molecule has 0 aliphatic heterocycles. The highest BCUT2D eigenvalue weighted by Gasteiger charge is 1.95. The average molecular weight is 155 g/mol. The van der Waals surface area contributed by atoms with Gasteiger partial charge >= 0.3 is 0 Å². The van der Waals surface area contributed by atoms with Crippen molar-refractivity contribution in [3.63, 3.8) is 0 Å². The molecule has 0 rings (SSSR count). The largest absolute Gasteiger partial charge is 0.324 e. The smallest absolute Gasteiger partial charge is 0.0287 e. The molecule has 64 valence electrons.